The van der Waals surface area contributed by atoms with Gasteiger partial charge in [0, 0.05) is 37.1 Å². The number of benzene rings is 5. The van der Waals surface area contributed by atoms with Crippen LogP contribution in [0.25, 0.3) is 0 Å². The van der Waals surface area contributed by atoms with Crippen LogP contribution in [0.4, 0.5) is 26.7 Å². The number of nitrogens with zero attached hydrogens (tertiary/aromatic N) is 3. The molecule has 360 valence electrons. The van der Waals surface area contributed by atoms with Crippen LogP contribution in [-0.2, 0) is 38.7 Å². The molecular formula is C53H52N6O11. The molecule has 4 heterocycles. The monoisotopic (exact) mass is 948 g/mol. The summed E-state index contributed by atoms with van der Waals surface area (Å²) in [6.45, 7) is 1.92. The Kier molecular flexibility index (Phi) is 14.1. The van der Waals surface area contributed by atoms with Gasteiger partial charge in [-0.2, -0.15) is 0 Å². The van der Waals surface area contributed by atoms with Gasteiger partial charge in [-0.25, -0.2) is 14.5 Å². The first kappa shape index (κ1) is 47.3. The van der Waals surface area contributed by atoms with Gasteiger partial charge in [0.05, 0.1) is 56.7 Å². The van der Waals surface area contributed by atoms with Gasteiger partial charge < -0.3 is 50.1 Å². The zero-order valence-corrected chi connectivity index (χ0v) is 38.3. The number of urea groups is 1. The largest absolute Gasteiger partial charge is 0.491 e. The normalized spacial score (nSPS) is 22.6. The van der Waals surface area contributed by atoms with Crippen LogP contribution in [0.5, 0.6) is 5.75 Å². The molecule has 5 N–H and O–H groups in total. The highest BCUT2D eigenvalue weighted by atomic mass is 16.6. The highest BCUT2D eigenvalue weighted by Crippen LogP contribution is 2.66. The van der Waals surface area contributed by atoms with Crippen molar-refractivity contribution < 1.29 is 52.8 Å². The number of anilines is 3. The average molecular weight is 949 g/mol. The Morgan fingerprint density at radius 2 is 1.54 bits per heavy atom. The average Bonchev–Trinajstić information content (AvgIpc) is 3.84. The molecule has 0 bridgehead atoms. The first-order valence-corrected chi connectivity index (χ1v) is 23.0. The van der Waals surface area contributed by atoms with Crippen LogP contribution < -0.4 is 30.9 Å². The minimum Gasteiger partial charge on any atom is -0.491 e. The van der Waals surface area contributed by atoms with Crippen LogP contribution in [0, 0.1) is 17.8 Å². The summed E-state index contributed by atoms with van der Waals surface area (Å²) in [5.41, 5.74) is 6.99. The van der Waals surface area contributed by atoms with Gasteiger partial charge in [0.1, 0.15) is 36.5 Å². The van der Waals surface area contributed by atoms with E-state index in [1.807, 2.05) is 77.7 Å². The number of amides is 5. The van der Waals surface area contributed by atoms with Crippen molar-refractivity contribution in [1.82, 2.24) is 10.2 Å². The summed E-state index contributed by atoms with van der Waals surface area (Å²) in [5, 5.41) is 15.3. The third-order valence-corrected chi connectivity index (χ3v) is 13.1. The maximum Gasteiger partial charge on any atom is 0.421 e. The molecule has 17 nitrogen and oxygen atoms in total. The van der Waals surface area contributed by atoms with Crippen LogP contribution >= 0.6 is 0 Å². The van der Waals surface area contributed by atoms with E-state index in [0.29, 0.717) is 60.0 Å². The summed E-state index contributed by atoms with van der Waals surface area (Å²) in [6, 6.07) is 33.3. The lowest BCUT2D eigenvalue weighted by molar-refractivity contribution is -0.177. The van der Waals surface area contributed by atoms with Gasteiger partial charge in [0.2, 0.25) is 11.8 Å². The lowest BCUT2D eigenvalue weighted by Gasteiger charge is -2.46. The fourth-order valence-electron chi connectivity index (χ4n) is 10.3. The first-order valence-electron chi connectivity index (χ1n) is 23.0. The molecule has 6 atom stereocenters. The fourth-order valence-corrected chi connectivity index (χ4v) is 10.3. The van der Waals surface area contributed by atoms with E-state index >= 15 is 14.4 Å². The molecule has 1 spiro atoms. The number of esters is 1. The van der Waals surface area contributed by atoms with Gasteiger partial charge in [-0.15, -0.1) is 0 Å². The molecule has 0 aliphatic carbocycles. The molecule has 5 aromatic carbocycles. The number of carbonyl (C=O) groups is 5. The van der Waals surface area contributed by atoms with Crippen molar-refractivity contribution >= 4 is 47.0 Å². The van der Waals surface area contributed by atoms with Crippen molar-refractivity contribution in [1.29, 1.82) is 0 Å². The SMILES string of the molecule is COCCOC(=O)N1C(=O)C2(c3cc(C#CCNC(N)=O)ccc31)C(C(=O)Nc1ccc(N3CCOCC3)cc1)C1C(=O)OC(c3ccccc3)C(c3ccccc3)N1C2c1cccc(OCCO)c1. The number of ether oxygens (including phenoxy) is 5. The van der Waals surface area contributed by atoms with E-state index in [4.69, 9.17) is 29.4 Å². The Bertz CT molecular complexity index is 2800. The summed E-state index contributed by atoms with van der Waals surface area (Å²) < 4.78 is 29.0. The summed E-state index contributed by atoms with van der Waals surface area (Å²) in [6.07, 6.45) is -1.99. The van der Waals surface area contributed by atoms with Crippen LogP contribution in [0.1, 0.15) is 46.0 Å². The number of aliphatic hydroxyl groups excluding tert-OH is 1. The van der Waals surface area contributed by atoms with Crippen molar-refractivity contribution in [2.75, 3.05) is 81.5 Å². The number of morpholine rings is 2. The van der Waals surface area contributed by atoms with Gasteiger partial charge in [-0.05, 0) is 76.9 Å². The molecule has 6 unspecified atom stereocenters. The highest BCUT2D eigenvalue weighted by Gasteiger charge is 2.76. The second-order valence-electron chi connectivity index (χ2n) is 17.0. The number of primary amides is 1. The van der Waals surface area contributed by atoms with Crippen LogP contribution in [0.3, 0.4) is 0 Å². The van der Waals surface area contributed by atoms with E-state index in [1.54, 1.807) is 54.6 Å². The minimum atomic E-state index is -2.13. The van der Waals surface area contributed by atoms with Crippen molar-refractivity contribution in [2.24, 2.45) is 11.7 Å². The van der Waals surface area contributed by atoms with Crippen LogP contribution in [0.2, 0.25) is 0 Å². The maximum absolute atomic E-state index is 16.4. The Morgan fingerprint density at radius 1 is 0.829 bits per heavy atom. The predicted octanol–water partition coefficient (Wildman–Crippen LogP) is 5.00. The zero-order valence-electron chi connectivity index (χ0n) is 38.3. The topological polar surface area (TPSA) is 212 Å². The molecule has 70 heavy (non-hydrogen) atoms. The number of methoxy groups -OCH3 is 1. The lowest BCUT2D eigenvalue weighted by atomic mass is 9.65. The predicted molar refractivity (Wildman–Crippen MR) is 257 cm³/mol. The number of hydrogen-bond donors (Lipinski definition) is 4. The van der Waals surface area contributed by atoms with E-state index in [1.165, 1.54) is 7.11 Å². The molecule has 4 aliphatic heterocycles. The standard InChI is InChI=1S/C53H52N6O11/c1-66-30-31-69-52(65)58-42-22-17-34(10-9-23-55-51(54)64)32-41(42)53(50(58)63)43(48(61)56-38-18-20-39(21-19-38)57-24-27-67-28-25-57)45-49(62)70-46(36-13-6-3-7-14-36)44(35-11-4-2-5-12-35)59(45)47(53)37-15-8-16-40(33-37)68-29-26-60/h2-8,11-22,32-33,43-47,60H,23-31H2,1H3,(H,56,61)(H3,54,55,64). The molecule has 17 heteroatoms. The summed E-state index contributed by atoms with van der Waals surface area (Å²) >= 11 is 0. The third-order valence-electron chi connectivity index (χ3n) is 13.1. The highest BCUT2D eigenvalue weighted by molar-refractivity contribution is 6.24. The Morgan fingerprint density at radius 3 is 2.24 bits per heavy atom. The van der Waals surface area contributed by atoms with E-state index in [-0.39, 0.29) is 44.2 Å². The smallest absolute Gasteiger partial charge is 0.421 e. The molecular weight excluding hydrogens is 897 g/mol. The van der Waals surface area contributed by atoms with Crippen LogP contribution in [0.15, 0.2) is 127 Å². The third kappa shape index (κ3) is 9.01. The summed E-state index contributed by atoms with van der Waals surface area (Å²) in [4.78, 5) is 78.9. The van der Waals surface area contributed by atoms with E-state index in [9.17, 15) is 14.7 Å². The summed E-state index contributed by atoms with van der Waals surface area (Å²) in [7, 11) is 1.45. The molecule has 3 fully saturated rings. The molecule has 0 aromatic heterocycles. The number of carbonyl (C=O) groups excluding carboxylic acids is 5. The first-order chi connectivity index (χ1) is 34.1. The van der Waals surface area contributed by atoms with Crippen molar-refractivity contribution in [3.05, 3.63) is 155 Å². The number of hydrogen-bond acceptors (Lipinski definition) is 13. The van der Waals surface area contributed by atoms with Gasteiger partial charge in [0.25, 0.3) is 0 Å². The Labute approximate surface area is 404 Å². The van der Waals surface area contributed by atoms with Crippen LogP contribution in [-0.4, -0.2) is 112 Å². The molecule has 0 radical (unpaired) electrons. The number of aliphatic hydroxyl groups is 1. The lowest BCUT2D eigenvalue weighted by Crippen LogP contribution is -2.54. The molecule has 0 saturated carbocycles. The van der Waals surface area contributed by atoms with E-state index in [2.05, 4.69) is 27.4 Å². The van der Waals surface area contributed by atoms with Crippen molar-refractivity contribution in [2.45, 2.75) is 29.6 Å². The van der Waals surface area contributed by atoms with Crippen molar-refractivity contribution in [3.8, 4) is 17.6 Å². The number of rotatable bonds is 13. The van der Waals surface area contributed by atoms with E-state index in [0.717, 1.165) is 10.6 Å². The van der Waals surface area contributed by atoms with Gasteiger partial charge >= 0.3 is 18.1 Å². The zero-order chi connectivity index (χ0) is 48.8. The molecule has 3 saturated heterocycles. The Balaban J connectivity index is 1.32. The molecule has 5 amide bonds. The quantitative estimate of drug-likeness (QED) is 0.0697. The molecule has 5 aromatic rings. The molecule has 9 rings (SSSR count). The maximum atomic E-state index is 16.4. The summed E-state index contributed by atoms with van der Waals surface area (Å²) in [5.74, 6) is 2.31. The number of nitrogens with one attached hydrogen (secondary N) is 2. The number of fused-ring (bicyclic) bond motifs is 3. The molecule has 4 aliphatic rings. The van der Waals surface area contributed by atoms with E-state index < -0.39 is 65.5 Å². The second kappa shape index (κ2) is 20.9. The van der Waals surface area contributed by atoms with Gasteiger partial charge in [-0.3, -0.25) is 19.3 Å². The van der Waals surface area contributed by atoms with Gasteiger partial charge in [0.15, 0.2) is 0 Å². The fraction of sp³-hybridized carbons (Fsp3) is 0.302. The Hall–Kier alpha value is -7.75. The number of nitrogens with two attached hydrogens (primary N) is 1. The number of imide groups is 1. The van der Waals surface area contributed by atoms with Crippen molar-refractivity contribution in [3.63, 3.8) is 0 Å². The number of cyclic esters (lactones) is 1. The van der Waals surface area contributed by atoms with Gasteiger partial charge in [-0.1, -0.05) is 84.6 Å². The second-order valence-corrected chi connectivity index (χ2v) is 17.0. The minimum absolute atomic E-state index is 0.0274.